The molecule has 3 atom stereocenters. The average Bonchev–Trinajstić information content (AvgIpc) is 2.27. The Labute approximate surface area is 92.2 Å². The van der Waals surface area contributed by atoms with Crippen molar-refractivity contribution in [1.29, 1.82) is 0 Å². The molecule has 2 fully saturated rings. The van der Waals surface area contributed by atoms with Gasteiger partial charge in [-0.25, -0.2) is 0 Å². The van der Waals surface area contributed by atoms with Crippen LogP contribution in [0.3, 0.4) is 0 Å². The van der Waals surface area contributed by atoms with E-state index in [1.807, 2.05) is 6.92 Å². The number of hydrogen-bond acceptors (Lipinski definition) is 3. The number of piperidine rings is 1. The number of Topliss-reactive ketones (excluding diaryl/α,β-unsaturated/α-hetero) is 1. The fourth-order valence-electron chi connectivity index (χ4n) is 2.75. The Morgan fingerprint density at radius 3 is 3.00 bits per heavy atom. The zero-order valence-electron chi connectivity index (χ0n) is 9.83. The Hall–Kier alpha value is -0.410. The van der Waals surface area contributed by atoms with Crippen molar-refractivity contribution < 1.29 is 4.79 Å². The van der Waals surface area contributed by atoms with Gasteiger partial charge in [-0.05, 0) is 26.3 Å². The maximum atomic E-state index is 11.3. The van der Waals surface area contributed by atoms with Crippen molar-refractivity contribution in [3.63, 3.8) is 0 Å². The van der Waals surface area contributed by atoms with E-state index in [-0.39, 0.29) is 5.92 Å². The molecule has 1 N–H and O–H groups in total. The molecule has 0 aromatic heterocycles. The largest absolute Gasteiger partial charge is 0.310 e. The number of carbonyl (C=O) groups is 1. The highest BCUT2D eigenvalue weighted by Gasteiger charge is 2.32. The van der Waals surface area contributed by atoms with E-state index in [1.54, 1.807) is 6.92 Å². The lowest BCUT2D eigenvalue weighted by molar-refractivity contribution is -0.121. The van der Waals surface area contributed by atoms with Crippen molar-refractivity contribution >= 4 is 5.78 Å². The molecular weight excluding hydrogens is 188 g/mol. The third-order valence-corrected chi connectivity index (χ3v) is 4.04. The first-order valence-corrected chi connectivity index (χ1v) is 6.16. The van der Waals surface area contributed by atoms with E-state index in [9.17, 15) is 4.79 Å². The van der Waals surface area contributed by atoms with Crippen LogP contribution in [0, 0.1) is 5.92 Å². The minimum Gasteiger partial charge on any atom is -0.310 e. The van der Waals surface area contributed by atoms with Crippen LogP contribution in [-0.2, 0) is 4.79 Å². The van der Waals surface area contributed by atoms with E-state index in [4.69, 9.17) is 0 Å². The molecule has 2 aliphatic rings. The summed E-state index contributed by atoms with van der Waals surface area (Å²) in [7, 11) is 0. The van der Waals surface area contributed by atoms with E-state index in [1.165, 1.54) is 25.8 Å². The fourth-order valence-corrected chi connectivity index (χ4v) is 2.75. The van der Waals surface area contributed by atoms with Gasteiger partial charge in [-0.15, -0.1) is 0 Å². The molecule has 2 rings (SSSR count). The van der Waals surface area contributed by atoms with Gasteiger partial charge in [-0.2, -0.15) is 0 Å². The van der Waals surface area contributed by atoms with Crippen LogP contribution in [0.25, 0.3) is 0 Å². The van der Waals surface area contributed by atoms with Gasteiger partial charge in [0.25, 0.3) is 0 Å². The molecule has 3 nitrogen and oxygen atoms in total. The molecule has 86 valence electrons. The van der Waals surface area contributed by atoms with Gasteiger partial charge in [0.1, 0.15) is 5.78 Å². The van der Waals surface area contributed by atoms with Crippen LogP contribution in [0.5, 0.6) is 0 Å². The number of ketones is 1. The van der Waals surface area contributed by atoms with Gasteiger partial charge >= 0.3 is 0 Å². The van der Waals surface area contributed by atoms with Crippen LogP contribution in [0.15, 0.2) is 0 Å². The zero-order chi connectivity index (χ0) is 10.8. The number of rotatable bonds is 2. The van der Waals surface area contributed by atoms with Gasteiger partial charge in [-0.3, -0.25) is 9.69 Å². The summed E-state index contributed by atoms with van der Waals surface area (Å²) < 4.78 is 0. The number of carbonyl (C=O) groups excluding carboxylic acids is 1. The molecule has 3 unspecified atom stereocenters. The van der Waals surface area contributed by atoms with Crippen molar-refractivity contribution in [2.45, 2.75) is 45.2 Å². The number of nitrogens with one attached hydrogen (secondary N) is 1. The average molecular weight is 210 g/mol. The molecule has 15 heavy (non-hydrogen) atoms. The van der Waals surface area contributed by atoms with Crippen LogP contribution in [0.1, 0.15) is 33.1 Å². The Morgan fingerprint density at radius 1 is 1.47 bits per heavy atom. The highest BCUT2D eigenvalue weighted by Crippen LogP contribution is 2.21. The Bertz CT molecular complexity index is 242. The monoisotopic (exact) mass is 210 g/mol. The van der Waals surface area contributed by atoms with Gasteiger partial charge in [0.2, 0.25) is 0 Å². The third-order valence-electron chi connectivity index (χ3n) is 4.04. The van der Waals surface area contributed by atoms with Gasteiger partial charge in [0.05, 0.1) is 0 Å². The predicted octanol–water partition coefficient (Wildman–Crippen LogP) is 1.04. The predicted molar refractivity (Wildman–Crippen MR) is 60.8 cm³/mol. The van der Waals surface area contributed by atoms with Crippen LogP contribution in [0.4, 0.5) is 0 Å². The molecule has 0 aromatic rings. The summed E-state index contributed by atoms with van der Waals surface area (Å²) in [5, 5.41) is 3.54. The summed E-state index contributed by atoms with van der Waals surface area (Å²) in [6, 6.07) is 1.10. The van der Waals surface area contributed by atoms with Crippen LogP contribution >= 0.6 is 0 Å². The normalized spacial score (nSPS) is 34.5. The minimum atomic E-state index is 0.160. The van der Waals surface area contributed by atoms with Gasteiger partial charge < -0.3 is 5.32 Å². The highest BCUT2D eigenvalue weighted by molar-refractivity contribution is 5.78. The molecule has 2 saturated heterocycles. The second-order valence-corrected chi connectivity index (χ2v) is 5.06. The van der Waals surface area contributed by atoms with Crippen LogP contribution < -0.4 is 5.32 Å². The molecule has 0 bridgehead atoms. The quantitative estimate of drug-likeness (QED) is 0.739. The Kier molecular flexibility index (Phi) is 3.42. The van der Waals surface area contributed by atoms with Crippen LogP contribution in [-0.4, -0.2) is 42.4 Å². The SMILES string of the molecule is CC(=O)C(C)C1CN2CCCCC2CN1. The van der Waals surface area contributed by atoms with E-state index >= 15 is 0 Å². The second kappa shape index (κ2) is 4.62. The van der Waals surface area contributed by atoms with E-state index in [0.29, 0.717) is 11.8 Å². The molecule has 0 aliphatic carbocycles. The molecule has 0 saturated carbocycles. The number of fused-ring (bicyclic) bond motifs is 1. The molecule has 0 aromatic carbocycles. The topological polar surface area (TPSA) is 32.3 Å². The maximum Gasteiger partial charge on any atom is 0.134 e. The standard InChI is InChI=1S/C12H22N2O/c1-9(10(2)15)12-8-14-6-4-3-5-11(14)7-13-12/h9,11-13H,3-8H2,1-2H3. The lowest BCUT2D eigenvalue weighted by Gasteiger charge is -2.44. The summed E-state index contributed by atoms with van der Waals surface area (Å²) in [6.45, 7) is 7.11. The van der Waals surface area contributed by atoms with Gasteiger partial charge in [0.15, 0.2) is 0 Å². The van der Waals surface area contributed by atoms with E-state index in [2.05, 4.69) is 10.2 Å². The summed E-state index contributed by atoms with van der Waals surface area (Å²) >= 11 is 0. The van der Waals surface area contributed by atoms with Crippen LogP contribution in [0.2, 0.25) is 0 Å². The summed E-state index contributed by atoms with van der Waals surface area (Å²) in [5.74, 6) is 0.468. The highest BCUT2D eigenvalue weighted by atomic mass is 16.1. The molecule has 0 spiro atoms. The molecule has 0 radical (unpaired) electrons. The molecular formula is C12H22N2O. The third kappa shape index (κ3) is 2.40. The van der Waals surface area contributed by atoms with Gasteiger partial charge in [-0.1, -0.05) is 13.3 Å². The Balaban J connectivity index is 1.93. The molecule has 2 aliphatic heterocycles. The molecule has 3 heteroatoms. The van der Waals surface area contributed by atoms with Crippen molar-refractivity contribution in [1.82, 2.24) is 10.2 Å². The molecule has 2 heterocycles. The summed E-state index contributed by atoms with van der Waals surface area (Å²) in [5.41, 5.74) is 0. The first kappa shape index (κ1) is 11.1. The van der Waals surface area contributed by atoms with Gasteiger partial charge in [0, 0.05) is 31.1 Å². The Morgan fingerprint density at radius 2 is 2.27 bits per heavy atom. The van der Waals surface area contributed by atoms with E-state index < -0.39 is 0 Å². The summed E-state index contributed by atoms with van der Waals surface area (Å²) in [4.78, 5) is 13.9. The van der Waals surface area contributed by atoms with Crippen molar-refractivity contribution in [2.75, 3.05) is 19.6 Å². The van der Waals surface area contributed by atoms with Crippen molar-refractivity contribution in [2.24, 2.45) is 5.92 Å². The zero-order valence-corrected chi connectivity index (χ0v) is 9.83. The van der Waals surface area contributed by atoms with E-state index in [0.717, 1.165) is 19.1 Å². The van der Waals surface area contributed by atoms with Crippen molar-refractivity contribution in [3.05, 3.63) is 0 Å². The second-order valence-electron chi connectivity index (χ2n) is 5.06. The lowest BCUT2D eigenvalue weighted by atomic mass is 9.91. The first-order chi connectivity index (χ1) is 7.18. The fraction of sp³-hybridized carbons (Fsp3) is 0.917. The first-order valence-electron chi connectivity index (χ1n) is 6.16. The molecule has 0 amide bonds. The number of piperazine rings is 1. The lowest BCUT2D eigenvalue weighted by Crippen LogP contribution is -2.60. The van der Waals surface area contributed by atoms with Crippen molar-refractivity contribution in [3.8, 4) is 0 Å². The maximum absolute atomic E-state index is 11.3. The number of nitrogens with zero attached hydrogens (tertiary/aromatic N) is 1. The summed E-state index contributed by atoms with van der Waals surface area (Å²) in [6.07, 6.45) is 4.03. The smallest absolute Gasteiger partial charge is 0.134 e. The number of hydrogen-bond donors (Lipinski definition) is 1. The minimum absolute atomic E-state index is 0.160.